The molecule has 0 bridgehead atoms. The summed E-state index contributed by atoms with van der Waals surface area (Å²) in [6.07, 6.45) is -4.55. The van der Waals surface area contributed by atoms with Crippen LogP contribution in [-0.4, -0.2) is 59.2 Å². The number of aliphatic hydroxyl groups is 3. The Hall–Kier alpha value is -0.240. The van der Waals surface area contributed by atoms with Gasteiger partial charge in [-0.2, -0.15) is 0 Å². The highest BCUT2D eigenvalue weighted by Crippen LogP contribution is 2.21. The summed E-state index contributed by atoms with van der Waals surface area (Å²) in [5, 5.41) is 28.5. The molecule has 1 fully saturated rings. The molecule has 0 saturated carbocycles. The quantitative estimate of drug-likeness (QED) is 0.445. The lowest BCUT2D eigenvalue weighted by molar-refractivity contribution is -0.294. The highest BCUT2D eigenvalue weighted by molar-refractivity contribution is 4.89. The fourth-order valence-electron chi connectivity index (χ4n) is 1.48. The molecular formula is C9H19NO5. The first kappa shape index (κ1) is 12.8. The number of hydrogen-bond acceptors (Lipinski definition) is 6. The molecule has 0 spiro atoms. The molecule has 0 aromatic heterocycles. The van der Waals surface area contributed by atoms with Crippen molar-refractivity contribution in [2.24, 2.45) is 5.73 Å². The van der Waals surface area contributed by atoms with Crippen LogP contribution in [-0.2, 0) is 9.47 Å². The van der Waals surface area contributed by atoms with Crippen LogP contribution in [0.5, 0.6) is 0 Å². The normalized spacial score (nSPS) is 41.8. The van der Waals surface area contributed by atoms with E-state index in [4.69, 9.17) is 15.2 Å². The van der Waals surface area contributed by atoms with Gasteiger partial charge in [-0.15, -0.1) is 0 Å². The molecule has 0 aliphatic carbocycles. The van der Waals surface area contributed by atoms with E-state index in [9.17, 15) is 15.3 Å². The highest BCUT2D eigenvalue weighted by Gasteiger charge is 2.43. The molecule has 90 valence electrons. The maximum Gasteiger partial charge on any atom is 0.186 e. The van der Waals surface area contributed by atoms with Gasteiger partial charge in [-0.1, -0.05) is 6.92 Å². The van der Waals surface area contributed by atoms with Gasteiger partial charge in [0.25, 0.3) is 0 Å². The largest absolute Gasteiger partial charge is 0.388 e. The van der Waals surface area contributed by atoms with E-state index < -0.39 is 30.7 Å². The first-order valence-electron chi connectivity index (χ1n) is 5.13. The third kappa shape index (κ3) is 2.87. The van der Waals surface area contributed by atoms with Crippen molar-refractivity contribution in [1.29, 1.82) is 0 Å². The predicted molar refractivity (Wildman–Crippen MR) is 52.0 cm³/mol. The smallest absolute Gasteiger partial charge is 0.186 e. The molecule has 6 heteroatoms. The lowest BCUT2D eigenvalue weighted by Crippen LogP contribution is -2.60. The molecule has 1 aliphatic heterocycles. The van der Waals surface area contributed by atoms with Gasteiger partial charge in [0.1, 0.15) is 24.4 Å². The minimum atomic E-state index is -1.28. The number of ether oxygens (including phenoxy) is 2. The molecule has 0 amide bonds. The number of nitrogens with two attached hydrogens (primary N) is 1. The number of hydrogen-bond donors (Lipinski definition) is 4. The monoisotopic (exact) mass is 221 g/mol. The summed E-state index contributed by atoms with van der Waals surface area (Å²) in [7, 11) is 0. The van der Waals surface area contributed by atoms with E-state index in [-0.39, 0.29) is 6.54 Å². The number of rotatable bonds is 4. The van der Waals surface area contributed by atoms with Gasteiger partial charge in [-0.25, -0.2) is 0 Å². The molecule has 1 rings (SSSR count). The van der Waals surface area contributed by atoms with Crippen molar-refractivity contribution in [1.82, 2.24) is 0 Å². The molecule has 5 N–H and O–H groups in total. The number of aliphatic hydroxyl groups excluding tert-OH is 3. The maximum absolute atomic E-state index is 9.55. The van der Waals surface area contributed by atoms with Crippen LogP contribution in [0.25, 0.3) is 0 Å². The van der Waals surface area contributed by atoms with Crippen molar-refractivity contribution in [3.05, 3.63) is 0 Å². The third-order valence-electron chi connectivity index (χ3n) is 2.39. The van der Waals surface area contributed by atoms with Gasteiger partial charge in [-0.05, 0) is 6.42 Å². The van der Waals surface area contributed by atoms with E-state index in [1.54, 1.807) is 0 Å². The summed E-state index contributed by atoms with van der Waals surface area (Å²) >= 11 is 0. The second kappa shape index (κ2) is 5.74. The first-order chi connectivity index (χ1) is 7.11. The second-order valence-corrected chi connectivity index (χ2v) is 3.62. The molecule has 1 saturated heterocycles. The van der Waals surface area contributed by atoms with Crippen LogP contribution in [0.3, 0.4) is 0 Å². The summed E-state index contributed by atoms with van der Waals surface area (Å²) in [4.78, 5) is 0. The zero-order valence-electron chi connectivity index (χ0n) is 8.74. The average Bonchev–Trinajstić information content (AvgIpc) is 2.25. The van der Waals surface area contributed by atoms with Gasteiger partial charge >= 0.3 is 0 Å². The van der Waals surface area contributed by atoms with E-state index >= 15 is 0 Å². The first-order valence-corrected chi connectivity index (χ1v) is 5.13. The predicted octanol–water partition coefficient (Wildman–Crippen LogP) is -1.82. The van der Waals surface area contributed by atoms with Gasteiger partial charge in [-0.3, -0.25) is 0 Å². The molecule has 0 aromatic rings. The van der Waals surface area contributed by atoms with Crippen molar-refractivity contribution >= 4 is 0 Å². The van der Waals surface area contributed by atoms with Crippen LogP contribution in [0.15, 0.2) is 0 Å². The lowest BCUT2D eigenvalue weighted by atomic mass is 9.99. The average molecular weight is 221 g/mol. The molecule has 1 heterocycles. The fraction of sp³-hybridized carbons (Fsp3) is 1.00. The van der Waals surface area contributed by atoms with Gasteiger partial charge in [0, 0.05) is 13.2 Å². The van der Waals surface area contributed by atoms with Crippen molar-refractivity contribution in [3.8, 4) is 0 Å². The Kier molecular flexibility index (Phi) is 4.91. The Bertz CT molecular complexity index is 189. The SMILES string of the molecule is CCCO[C@H]1O[C@H](CN)[C@@H](O)[C@H](O)[C@H]1O. The van der Waals surface area contributed by atoms with Crippen LogP contribution in [0.1, 0.15) is 13.3 Å². The van der Waals surface area contributed by atoms with E-state index in [2.05, 4.69) is 0 Å². The van der Waals surface area contributed by atoms with E-state index in [0.29, 0.717) is 6.61 Å². The Balaban J connectivity index is 2.57. The van der Waals surface area contributed by atoms with Crippen LogP contribution in [0, 0.1) is 0 Å². The van der Waals surface area contributed by atoms with Gasteiger partial charge in [0.05, 0.1) is 0 Å². The summed E-state index contributed by atoms with van der Waals surface area (Å²) in [5.74, 6) is 0. The molecule has 0 aromatic carbocycles. The minimum absolute atomic E-state index is 0.0664. The lowest BCUT2D eigenvalue weighted by Gasteiger charge is -2.39. The summed E-state index contributed by atoms with van der Waals surface area (Å²) < 4.78 is 10.4. The Morgan fingerprint density at radius 3 is 2.40 bits per heavy atom. The van der Waals surface area contributed by atoms with E-state index in [1.165, 1.54) is 0 Å². The maximum atomic E-state index is 9.55. The zero-order valence-corrected chi connectivity index (χ0v) is 8.74. The highest BCUT2D eigenvalue weighted by atomic mass is 16.7. The van der Waals surface area contributed by atoms with Gasteiger partial charge in [0.15, 0.2) is 6.29 Å². The van der Waals surface area contributed by atoms with Crippen molar-refractivity contribution in [2.75, 3.05) is 13.2 Å². The van der Waals surface area contributed by atoms with Crippen molar-refractivity contribution in [2.45, 2.75) is 44.1 Å². The van der Waals surface area contributed by atoms with Crippen molar-refractivity contribution in [3.63, 3.8) is 0 Å². The summed E-state index contributed by atoms with van der Waals surface area (Å²) in [5.41, 5.74) is 5.36. The van der Waals surface area contributed by atoms with E-state index in [0.717, 1.165) is 6.42 Å². The molecule has 1 aliphatic rings. The standard InChI is InChI=1S/C9H19NO5/c1-2-3-14-9-8(13)7(12)6(11)5(4-10)15-9/h5-9,11-13H,2-4,10H2,1H3/t5-,6-,7+,8-,9+/m1/s1. The molecule has 0 unspecified atom stereocenters. The second-order valence-electron chi connectivity index (χ2n) is 3.62. The van der Waals surface area contributed by atoms with Crippen LogP contribution >= 0.6 is 0 Å². The Morgan fingerprint density at radius 1 is 1.20 bits per heavy atom. The van der Waals surface area contributed by atoms with Crippen molar-refractivity contribution < 1.29 is 24.8 Å². The van der Waals surface area contributed by atoms with Crippen LogP contribution < -0.4 is 5.73 Å². The zero-order chi connectivity index (χ0) is 11.4. The van der Waals surface area contributed by atoms with Gasteiger partial charge in [0.2, 0.25) is 0 Å². The van der Waals surface area contributed by atoms with E-state index in [1.807, 2.05) is 6.92 Å². The molecule has 15 heavy (non-hydrogen) atoms. The summed E-state index contributed by atoms with van der Waals surface area (Å²) in [6.45, 7) is 2.40. The summed E-state index contributed by atoms with van der Waals surface area (Å²) in [6, 6.07) is 0. The topological polar surface area (TPSA) is 105 Å². The Morgan fingerprint density at radius 2 is 1.87 bits per heavy atom. The minimum Gasteiger partial charge on any atom is -0.388 e. The van der Waals surface area contributed by atoms with Crippen LogP contribution in [0.4, 0.5) is 0 Å². The molecular weight excluding hydrogens is 202 g/mol. The molecule has 5 atom stereocenters. The Labute approximate surface area is 88.6 Å². The van der Waals surface area contributed by atoms with Crippen LogP contribution in [0.2, 0.25) is 0 Å². The third-order valence-corrected chi connectivity index (χ3v) is 2.39. The van der Waals surface area contributed by atoms with Gasteiger partial charge < -0.3 is 30.5 Å². The molecule has 6 nitrogen and oxygen atoms in total. The molecule has 0 radical (unpaired) electrons. The fourth-order valence-corrected chi connectivity index (χ4v) is 1.48.